The van der Waals surface area contributed by atoms with Gasteiger partial charge in [0.25, 0.3) is 5.91 Å². The van der Waals surface area contributed by atoms with Gasteiger partial charge in [-0.3, -0.25) is 14.8 Å². The number of aryl methyl sites for hydroxylation is 1. The van der Waals surface area contributed by atoms with Crippen LogP contribution in [0, 0.1) is 6.92 Å². The third-order valence-electron chi connectivity index (χ3n) is 6.38. The molecule has 0 aliphatic carbocycles. The zero-order valence-electron chi connectivity index (χ0n) is 18.8. The molecular weight excluding hydrogens is 461 g/mol. The number of amides is 1. The van der Waals surface area contributed by atoms with Crippen LogP contribution in [-0.4, -0.2) is 46.8 Å². The number of anilines is 2. The van der Waals surface area contributed by atoms with E-state index in [1.165, 1.54) is 0 Å². The second-order valence-electron chi connectivity index (χ2n) is 8.75. The maximum absolute atomic E-state index is 13.0. The second kappa shape index (κ2) is 8.94. The predicted octanol–water partition coefficient (Wildman–Crippen LogP) is 4.37. The van der Waals surface area contributed by atoms with Crippen LogP contribution in [0.15, 0.2) is 48.9 Å². The highest BCUT2D eigenvalue weighted by Gasteiger charge is 2.35. The summed E-state index contributed by atoms with van der Waals surface area (Å²) >= 11 is 0. The number of hydrogen-bond donors (Lipinski definition) is 2. The van der Waals surface area contributed by atoms with E-state index >= 15 is 0 Å². The molecule has 2 aromatic heterocycles. The molecule has 1 aromatic carbocycles. The van der Waals surface area contributed by atoms with Gasteiger partial charge in [-0.2, -0.15) is 13.2 Å². The van der Waals surface area contributed by atoms with E-state index in [0.717, 1.165) is 34.6 Å². The van der Waals surface area contributed by atoms with Gasteiger partial charge in [-0.25, -0.2) is 0 Å². The summed E-state index contributed by atoms with van der Waals surface area (Å²) in [5.41, 5.74) is 3.28. The molecule has 0 bridgehead atoms. The van der Waals surface area contributed by atoms with Crippen molar-refractivity contribution in [3.05, 3.63) is 71.3 Å². The number of nitrogens with zero attached hydrogens (tertiary/aromatic N) is 3. The van der Waals surface area contributed by atoms with E-state index in [1.54, 1.807) is 18.3 Å². The second-order valence-corrected chi connectivity index (χ2v) is 8.75. The van der Waals surface area contributed by atoms with E-state index < -0.39 is 23.8 Å². The van der Waals surface area contributed by atoms with Crippen LogP contribution in [0.3, 0.4) is 0 Å². The van der Waals surface area contributed by atoms with Crippen molar-refractivity contribution in [3.63, 3.8) is 0 Å². The summed E-state index contributed by atoms with van der Waals surface area (Å²) in [5.74, 6) is -0.693. The fraction of sp³-hybridized carbons (Fsp3) is 0.320. The van der Waals surface area contributed by atoms with Crippen molar-refractivity contribution in [1.82, 2.24) is 9.97 Å². The summed E-state index contributed by atoms with van der Waals surface area (Å²) in [7, 11) is 0. The maximum Gasteiger partial charge on any atom is 0.417 e. The number of aromatic nitrogens is 2. The van der Waals surface area contributed by atoms with Gasteiger partial charge in [0.15, 0.2) is 0 Å². The van der Waals surface area contributed by atoms with E-state index in [9.17, 15) is 23.1 Å². The number of carbonyl (C=O) groups excluding carboxylic acids is 1. The Labute approximate surface area is 199 Å². The van der Waals surface area contributed by atoms with Crippen LogP contribution in [0.4, 0.5) is 24.5 Å². The van der Waals surface area contributed by atoms with Crippen LogP contribution in [-0.2, 0) is 10.9 Å². The van der Waals surface area contributed by atoms with Gasteiger partial charge in [0.1, 0.15) is 6.10 Å². The van der Waals surface area contributed by atoms with Gasteiger partial charge in [-0.05, 0) is 42.3 Å². The first-order chi connectivity index (χ1) is 16.7. The zero-order valence-corrected chi connectivity index (χ0v) is 18.8. The molecule has 7 nitrogen and oxygen atoms in total. The molecule has 1 saturated heterocycles. The molecule has 2 aliphatic rings. The average Bonchev–Trinajstić information content (AvgIpc) is 2.84. The topological polar surface area (TPSA) is 87.6 Å². The summed E-state index contributed by atoms with van der Waals surface area (Å²) in [6, 6.07) is 8.10. The standard InChI is InChI=1S/C25H23F3N4O3/c1-14-2-3-18(31-24(34)16-6-17(12-29-10-16)25(26,27)28)8-20(14)15-7-21-23(30-11-15)22(33)9-19-13-35-5-4-32(19)21/h2-3,6-8,10-12,19,22,33H,4-5,9,13H2,1H3,(H,31,34)/t19-,22-/m0/s1. The monoisotopic (exact) mass is 484 g/mol. The van der Waals surface area contributed by atoms with Crippen LogP contribution in [0.5, 0.6) is 0 Å². The molecule has 10 heteroatoms. The smallest absolute Gasteiger partial charge is 0.387 e. The van der Waals surface area contributed by atoms with Crippen molar-refractivity contribution in [3.8, 4) is 11.1 Å². The molecule has 3 aromatic rings. The van der Waals surface area contributed by atoms with Crippen LogP contribution in [0.25, 0.3) is 11.1 Å². The van der Waals surface area contributed by atoms with Crippen molar-refractivity contribution in [2.45, 2.75) is 31.7 Å². The Hall–Kier alpha value is -3.50. The minimum Gasteiger partial charge on any atom is -0.387 e. The molecule has 4 heterocycles. The largest absolute Gasteiger partial charge is 0.417 e. The summed E-state index contributed by atoms with van der Waals surface area (Å²) in [6.07, 6.45) is -1.24. The number of aliphatic hydroxyl groups excluding tert-OH is 1. The quantitative estimate of drug-likeness (QED) is 0.574. The molecule has 5 rings (SSSR count). The first kappa shape index (κ1) is 23.3. The van der Waals surface area contributed by atoms with Gasteiger partial charge in [0.05, 0.1) is 41.8 Å². The van der Waals surface area contributed by atoms with E-state index in [0.29, 0.717) is 43.8 Å². The number of nitrogens with one attached hydrogen (secondary N) is 1. The third-order valence-corrected chi connectivity index (χ3v) is 6.38. The van der Waals surface area contributed by atoms with Gasteiger partial charge < -0.3 is 20.1 Å². The number of halogens is 3. The Morgan fingerprint density at radius 3 is 2.83 bits per heavy atom. The van der Waals surface area contributed by atoms with Gasteiger partial charge in [-0.1, -0.05) is 6.07 Å². The van der Waals surface area contributed by atoms with E-state index in [-0.39, 0.29) is 11.6 Å². The van der Waals surface area contributed by atoms with Gasteiger partial charge >= 0.3 is 6.18 Å². The van der Waals surface area contributed by atoms with Crippen LogP contribution in [0.1, 0.15) is 39.7 Å². The van der Waals surface area contributed by atoms with E-state index in [2.05, 4.69) is 20.2 Å². The first-order valence-corrected chi connectivity index (χ1v) is 11.2. The Morgan fingerprint density at radius 2 is 2.03 bits per heavy atom. The van der Waals surface area contributed by atoms with Crippen molar-refractivity contribution < 1.29 is 27.8 Å². The number of alkyl halides is 3. The Bertz CT molecular complexity index is 1280. The van der Waals surface area contributed by atoms with Crippen molar-refractivity contribution in [2.24, 2.45) is 0 Å². The van der Waals surface area contributed by atoms with Crippen molar-refractivity contribution in [2.75, 3.05) is 30.0 Å². The minimum atomic E-state index is -4.59. The molecule has 2 aliphatic heterocycles. The highest BCUT2D eigenvalue weighted by atomic mass is 19.4. The average molecular weight is 484 g/mol. The van der Waals surface area contributed by atoms with Crippen molar-refractivity contribution >= 4 is 17.3 Å². The number of pyridine rings is 2. The molecule has 182 valence electrons. The normalized spacial score (nSPS) is 19.6. The highest BCUT2D eigenvalue weighted by Crippen LogP contribution is 2.39. The number of carbonyl (C=O) groups is 1. The molecule has 0 spiro atoms. The Morgan fingerprint density at radius 1 is 1.20 bits per heavy atom. The molecule has 1 fully saturated rings. The van der Waals surface area contributed by atoms with Gasteiger partial charge in [0, 0.05) is 42.8 Å². The number of hydrogen-bond acceptors (Lipinski definition) is 6. The number of fused-ring (bicyclic) bond motifs is 3. The zero-order chi connectivity index (χ0) is 24.7. The first-order valence-electron chi connectivity index (χ1n) is 11.2. The summed E-state index contributed by atoms with van der Waals surface area (Å²) in [4.78, 5) is 22.9. The number of rotatable bonds is 3. The SMILES string of the molecule is Cc1ccc(NC(=O)c2cncc(C(F)(F)F)c2)cc1-c1cnc2c(c1)N1CCOC[C@@H]1C[C@@H]2O. The third kappa shape index (κ3) is 4.59. The van der Waals surface area contributed by atoms with Gasteiger partial charge in [-0.15, -0.1) is 0 Å². The maximum atomic E-state index is 13.0. The predicted molar refractivity (Wildman–Crippen MR) is 123 cm³/mol. The number of benzene rings is 1. The molecule has 1 amide bonds. The lowest BCUT2D eigenvalue weighted by atomic mass is 9.94. The molecule has 35 heavy (non-hydrogen) atoms. The van der Waals surface area contributed by atoms with E-state index in [1.807, 2.05) is 19.1 Å². The van der Waals surface area contributed by atoms with Crippen LogP contribution >= 0.6 is 0 Å². The highest BCUT2D eigenvalue weighted by molar-refractivity contribution is 6.04. The number of morpholine rings is 1. The molecular formula is C25H23F3N4O3. The summed E-state index contributed by atoms with van der Waals surface area (Å²) in [6.45, 7) is 3.77. The van der Waals surface area contributed by atoms with E-state index in [4.69, 9.17) is 4.74 Å². The number of aliphatic hydroxyl groups is 1. The lowest BCUT2D eigenvalue weighted by molar-refractivity contribution is -0.137. The molecule has 0 radical (unpaired) electrons. The summed E-state index contributed by atoms with van der Waals surface area (Å²) < 4.78 is 44.5. The Kier molecular flexibility index (Phi) is 5.94. The number of ether oxygens (including phenoxy) is 1. The lowest BCUT2D eigenvalue weighted by Crippen LogP contribution is -2.49. The van der Waals surface area contributed by atoms with Crippen LogP contribution in [0.2, 0.25) is 0 Å². The molecule has 2 atom stereocenters. The fourth-order valence-electron chi connectivity index (χ4n) is 4.57. The fourth-order valence-corrected chi connectivity index (χ4v) is 4.57. The molecule has 0 unspecified atom stereocenters. The van der Waals surface area contributed by atoms with Crippen molar-refractivity contribution in [1.29, 1.82) is 0 Å². The Balaban J connectivity index is 1.44. The summed E-state index contributed by atoms with van der Waals surface area (Å²) in [5, 5.41) is 13.2. The van der Waals surface area contributed by atoms with Gasteiger partial charge in [0.2, 0.25) is 0 Å². The van der Waals surface area contributed by atoms with Crippen LogP contribution < -0.4 is 10.2 Å². The molecule has 2 N–H and O–H groups in total. The molecule has 0 saturated carbocycles. The lowest BCUT2D eigenvalue weighted by Gasteiger charge is -2.43. The minimum absolute atomic E-state index is 0.0797.